The number of likely N-dealkylation sites (tertiary alicyclic amines) is 1. The molecule has 0 aromatic carbocycles. The second-order valence-electron chi connectivity index (χ2n) is 5.36. The minimum absolute atomic E-state index is 0.0915. The molecular weight excluding hydrogens is 302 g/mol. The van der Waals surface area contributed by atoms with Gasteiger partial charge in [-0.2, -0.15) is 0 Å². The van der Waals surface area contributed by atoms with Crippen molar-refractivity contribution in [2.75, 3.05) is 20.2 Å². The van der Waals surface area contributed by atoms with Gasteiger partial charge in [0.1, 0.15) is 5.60 Å². The molecule has 0 aromatic rings. The van der Waals surface area contributed by atoms with Crippen LogP contribution in [-0.2, 0) is 14.3 Å². The number of hydrogen-bond acceptors (Lipinski definition) is 4. The van der Waals surface area contributed by atoms with Gasteiger partial charge in [-0.1, -0.05) is 15.9 Å². The summed E-state index contributed by atoms with van der Waals surface area (Å²) in [4.78, 5) is 24.9. The topological polar surface area (TPSA) is 55.8 Å². The van der Waals surface area contributed by atoms with Crippen LogP contribution in [0.3, 0.4) is 0 Å². The number of methoxy groups -OCH3 is 1. The van der Waals surface area contributed by atoms with Gasteiger partial charge in [0, 0.05) is 17.9 Å². The number of esters is 1. The van der Waals surface area contributed by atoms with Crippen molar-refractivity contribution in [2.45, 2.75) is 37.6 Å². The van der Waals surface area contributed by atoms with Gasteiger partial charge >= 0.3 is 12.1 Å². The van der Waals surface area contributed by atoms with E-state index in [-0.39, 0.29) is 22.8 Å². The van der Waals surface area contributed by atoms with Gasteiger partial charge in [-0.3, -0.25) is 4.79 Å². The van der Waals surface area contributed by atoms with Gasteiger partial charge < -0.3 is 14.4 Å². The second-order valence-corrected chi connectivity index (χ2v) is 6.54. The normalized spacial score (nSPS) is 24.6. The number of amides is 1. The van der Waals surface area contributed by atoms with Crippen LogP contribution in [0.1, 0.15) is 27.2 Å². The zero-order valence-electron chi connectivity index (χ0n) is 11.2. The highest BCUT2D eigenvalue weighted by atomic mass is 79.9. The number of rotatable bonds is 1. The van der Waals surface area contributed by atoms with Gasteiger partial charge in [0.2, 0.25) is 0 Å². The molecule has 1 saturated heterocycles. The third-order valence-corrected chi connectivity index (χ3v) is 3.62. The van der Waals surface area contributed by atoms with Gasteiger partial charge in [-0.15, -0.1) is 0 Å². The van der Waals surface area contributed by atoms with E-state index in [4.69, 9.17) is 9.47 Å². The SMILES string of the molecule is COC(=O)C1CCN(C(=O)OC(C)(C)C)CC1Br. The summed E-state index contributed by atoms with van der Waals surface area (Å²) >= 11 is 3.43. The highest BCUT2D eigenvalue weighted by Crippen LogP contribution is 2.26. The van der Waals surface area contributed by atoms with Crippen LogP contribution < -0.4 is 0 Å². The zero-order valence-corrected chi connectivity index (χ0v) is 12.8. The summed E-state index contributed by atoms with van der Waals surface area (Å²) < 4.78 is 10.0. The van der Waals surface area contributed by atoms with Crippen LogP contribution in [0.25, 0.3) is 0 Å². The first-order valence-electron chi connectivity index (χ1n) is 5.94. The van der Waals surface area contributed by atoms with E-state index in [0.717, 1.165) is 0 Å². The standard InChI is InChI=1S/C12H20BrNO4/c1-12(2,3)18-11(16)14-6-5-8(9(13)7-14)10(15)17-4/h8-9H,5-7H2,1-4H3. The Morgan fingerprint density at radius 1 is 1.33 bits per heavy atom. The molecule has 0 spiro atoms. The number of nitrogens with zero attached hydrogens (tertiary/aromatic N) is 1. The highest BCUT2D eigenvalue weighted by molar-refractivity contribution is 9.09. The van der Waals surface area contributed by atoms with Gasteiger partial charge in [0.25, 0.3) is 0 Å². The van der Waals surface area contributed by atoms with Crippen molar-refractivity contribution in [2.24, 2.45) is 5.92 Å². The van der Waals surface area contributed by atoms with Crippen LogP contribution in [0, 0.1) is 5.92 Å². The smallest absolute Gasteiger partial charge is 0.410 e. The van der Waals surface area contributed by atoms with Gasteiger partial charge in [0.15, 0.2) is 0 Å². The zero-order chi connectivity index (χ0) is 13.9. The molecule has 0 N–H and O–H groups in total. The van der Waals surface area contributed by atoms with Crippen molar-refractivity contribution in [3.8, 4) is 0 Å². The third kappa shape index (κ3) is 4.15. The Labute approximate surface area is 116 Å². The molecule has 1 rings (SSSR count). The monoisotopic (exact) mass is 321 g/mol. The molecule has 2 unspecified atom stereocenters. The van der Waals surface area contributed by atoms with Crippen molar-refractivity contribution in [1.82, 2.24) is 4.90 Å². The Morgan fingerprint density at radius 3 is 2.39 bits per heavy atom. The molecule has 104 valence electrons. The van der Waals surface area contributed by atoms with Gasteiger partial charge in [-0.25, -0.2) is 4.79 Å². The molecule has 18 heavy (non-hydrogen) atoms. The number of carbonyl (C=O) groups is 2. The maximum Gasteiger partial charge on any atom is 0.410 e. The molecule has 0 saturated carbocycles. The Balaban J connectivity index is 2.55. The van der Waals surface area contributed by atoms with E-state index in [0.29, 0.717) is 19.5 Å². The molecule has 1 amide bonds. The first-order chi connectivity index (χ1) is 8.24. The van der Waals surface area contributed by atoms with Crippen LogP contribution in [0.5, 0.6) is 0 Å². The molecule has 0 bridgehead atoms. The molecule has 1 fully saturated rings. The van der Waals surface area contributed by atoms with Crippen molar-refractivity contribution < 1.29 is 19.1 Å². The quantitative estimate of drug-likeness (QED) is 0.548. The maximum absolute atomic E-state index is 11.9. The largest absolute Gasteiger partial charge is 0.469 e. The molecule has 0 aliphatic carbocycles. The predicted molar refractivity (Wildman–Crippen MR) is 70.6 cm³/mol. The Hall–Kier alpha value is -0.780. The molecule has 1 aliphatic rings. The first kappa shape index (κ1) is 15.3. The second kappa shape index (κ2) is 5.91. The lowest BCUT2D eigenvalue weighted by Gasteiger charge is -2.35. The highest BCUT2D eigenvalue weighted by Gasteiger charge is 2.36. The van der Waals surface area contributed by atoms with Crippen LogP contribution in [0.15, 0.2) is 0 Å². The summed E-state index contributed by atoms with van der Waals surface area (Å²) in [6.07, 6.45) is 0.247. The van der Waals surface area contributed by atoms with E-state index >= 15 is 0 Å². The van der Waals surface area contributed by atoms with E-state index in [9.17, 15) is 9.59 Å². The van der Waals surface area contributed by atoms with Crippen molar-refractivity contribution in [1.29, 1.82) is 0 Å². The summed E-state index contributed by atoms with van der Waals surface area (Å²) in [6.45, 7) is 6.46. The maximum atomic E-state index is 11.9. The van der Waals surface area contributed by atoms with Crippen molar-refractivity contribution in [3.05, 3.63) is 0 Å². The number of alkyl halides is 1. The Kier molecular flexibility index (Phi) is 5.01. The lowest BCUT2D eigenvalue weighted by Crippen LogP contribution is -2.48. The van der Waals surface area contributed by atoms with Crippen LogP contribution >= 0.6 is 15.9 Å². The number of ether oxygens (including phenoxy) is 2. The van der Waals surface area contributed by atoms with Crippen LogP contribution in [0.4, 0.5) is 4.79 Å². The number of halogens is 1. The third-order valence-electron chi connectivity index (χ3n) is 2.70. The molecule has 0 aromatic heterocycles. The minimum atomic E-state index is -0.502. The molecule has 6 heteroatoms. The fourth-order valence-corrected chi connectivity index (χ4v) is 2.64. The lowest BCUT2D eigenvalue weighted by atomic mass is 9.97. The van der Waals surface area contributed by atoms with Crippen LogP contribution in [0.2, 0.25) is 0 Å². The van der Waals surface area contributed by atoms with Gasteiger partial charge in [0.05, 0.1) is 13.0 Å². The average molecular weight is 322 g/mol. The summed E-state index contributed by atoms with van der Waals surface area (Å²) in [6, 6.07) is 0. The number of hydrogen-bond donors (Lipinski definition) is 0. The fourth-order valence-electron chi connectivity index (χ4n) is 1.81. The number of piperidine rings is 1. The molecular formula is C12H20BrNO4. The van der Waals surface area contributed by atoms with Gasteiger partial charge in [-0.05, 0) is 27.2 Å². The van der Waals surface area contributed by atoms with Crippen molar-refractivity contribution >= 4 is 28.0 Å². The van der Waals surface area contributed by atoms with E-state index < -0.39 is 5.60 Å². The minimum Gasteiger partial charge on any atom is -0.469 e. The number of carbonyl (C=O) groups excluding carboxylic acids is 2. The molecule has 1 heterocycles. The Bertz CT molecular complexity index is 327. The van der Waals surface area contributed by atoms with E-state index in [1.807, 2.05) is 20.8 Å². The lowest BCUT2D eigenvalue weighted by molar-refractivity contribution is -0.146. The van der Waals surface area contributed by atoms with E-state index in [1.54, 1.807) is 4.90 Å². The summed E-state index contributed by atoms with van der Waals surface area (Å²) in [5.74, 6) is -0.436. The predicted octanol–water partition coefficient (Wildman–Crippen LogP) is 2.18. The van der Waals surface area contributed by atoms with Crippen LogP contribution in [-0.4, -0.2) is 47.6 Å². The fraction of sp³-hybridized carbons (Fsp3) is 0.833. The average Bonchev–Trinajstić information content (AvgIpc) is 2.25. The summed E-state index contributed by atoms with van der Waals surface area (Å²) in [5.41, 5.74) is -0.502. The molecule has 5 nitrogen and oxygen atoms in total. The summed E-state index contributed by atoms with van der Waals surface area (Å²) in [5, 5.41) is 0. The molecule has 2 atom stereocenters. The first-order valence-corrected chi connectivity index (χ1v) is 6.86. The van der Waals surface area contributed by atoms with E-state index in [2.05, 4.69) is 15.9 Å². The Morgan fingerprint density at radius 2 is 1.94 bits per heavy atom. The van der Waals surface area contributed by atoms with Crippen molar-refractivity contribution in [3.63, 3.8) is 0 Å². The molecule has 1 aliphatic heterocycles. The summed E-state index contributed by atoms with van der Waals surface area (Å²) in [7, 11) is 1.38. The van der Waals surface area contributed by atoms with E-state index in [1.165, 1.54) is 7.11 Å². The molecule has 0 radical (unpaired) electrons.